The molecule has 0 aliphatic heterocycles. The zero-order chi connectivity index (χ0) is 21.1. The van der Waals surface area contributed by atoms with Crippen LogP contribution in [0.4, 0.5) is 0 Å². The molecular formula is C26H38O3S. The molecule has 4 aliphatic rings. The van der Waals surface area contributed by atoms with Gasteiger partial charge in [0.15, 0.2) is 0 Å². The van der Waals surface area contributed by atoms with Crippen LogP contribution < -0.4 is 0 Å². The van der Waals surface area contributed by atoms with E-state index >= 15 is 0 Å². The molecule has 30 heavy (non-hydrogen) atoms. The third-order valence-electron chi connectivity index (χ3n) is 10.0. The maximum absolute atomic E-state index is 13.0. The number of benzene rings is 1. The summed E-state index contributed by atoms with van der Waals surface area (Å²) in [5.74, 6) is 3.14. The number of rotatable bonds is 3. The van der Waals surface area contributed by atoms with Crippen molar-refractivity contribution in [3.8, 4) is 0 Å². The lowest BCUT2D eigenvalue weighted by atomic mass is 9.45. The molecule has 166 valence electrons. The van der Waals surface area contributed by atoms with Gasteiger partial charge in [-0.2, -0.15) is 8.42 Å². The topological polar surface area (TPSA) is 43.4 Å². The predicted molar refractivity (Wildman–Crippen MR) is 120 cm³/mol. The minimum absolute atomic E-state index is 0.00318. The Bertz CT molecular complexity index is 891. The first-order valence-corrected chi connectivity index (χ1v) is 13.6. The summed E-state index contributed by atoms with van der Waals surface area (Å²) in [6.45, 7) is 6.91. The Morgan fingerprint density at radius 3 is 2.33 bits per heavy atom. The van der Waals surface area contributed by atoms with Crippen LogP contribution in [0.5, 0.6) is 0 Å². The van der Waals surface area contributed by atoms with Crippen LogP contribution in [-0.2, 0) is 14.3 Å². The van der Waals surface area contributed by atoms with Crippen molar-refractivity contribution in [2.75, 3.05) is 0 Å². The highest BCUT2D eigenvalue weighted by Crippen LogP contribution is 2.66. The maximum Gasteiger partial charge on any atom is 0.297 e. The van der Waals surface area contributed by atoms with Crippen LogP contribution in [-0.4, -0.2) is 14.5 Å². The van der Waals surface area contributed by atoms with Crippen molar-refractivity contribution < 1.29 is 12.6 Å². The first-order chi connectivity index (χ1) is 14.2. The Morgan fingerprint density at radius 1 is 0.833 bits per heavy atom. The van der Waals surface area contributed by atoms with Gasteiger partial charge in [0.2, 0.25) is 0 Å². The van der Waals surface area contributed by atoms with Gasteiger partial charge < -0.3 is 0 Å². The smallest absolute Gasteiger partial charge is 0.262 e. The van der Waals surface area contributed by atoms with Gasteiger partial charge in [0.05, 0.1) is 11.0 Å². The Labute approximate surface area is 183 Å². The molecular weight excluding hydrogens is 392 g/mol. The van der Waals surface area contributed by atoms with Gasteiger partial charge in [-0.25, -0.2) is 0 Å². The molecule has 1 aromatic carbocycles. The molecule has 0 spiro atoms. The molecule has 1 aromatic rings. The van der Waals surface area contributed by atoms with Crippen molar-refractivity contribution in [1.82, 2.24) is 0 Å². The average molecular weight is 431 g/mol. The molecule has 0 radical (unpaired) electrons. The highest BCUT2D eigenvalue weighted by atomic mass is 32.2. The summed E-state index contributed by atoms with van der Waals surface area (Å²) in [5.41, 5.74) is 1.58. The molecule has 5 rings (SSSR count). The molecule has 4 fully saturated rings. The summed E-state index contributed by atoms with van der Waals surface area (Å²) in [6.07, 6.45) is 12.6. The average Bonchev–Trinajstić information content (AvgIpc) is 3.03. The molecule has 4 heteroatoms. The third-order valence-corrected chi connectivity index (χ3v) is 11.4. The Balaban J connectivity index is 1.37. The Hall–Kier alpha value is -0.870. The van der Waals surface area contributed by atoms with Gasteiger partial charge in [0.1, 0.15) is 0 Å². The van der Waals surface area contributed by atoms with Gasteiger partial charge in [0, 0.05) is 0 Å². The van der Waals surface area contributed by atoms with E-state index in [2.05, 4.69) is 13.8 Å². The second-order valence-corrected chi connectivity index (χ2v) is 12.9. The first-order valence-electron chi connectivity index (χ1n) is 12.2. The Morgan fingerprint density at radius 2 is 1.57 bits per heavy atom. The number of hydrogen-bond acceptors (Lipinski definition) is 3. The fraction of sp³-hybridized carbons (Fsp3) is 0.769. The van der Waals surface area contributed by atoms with Crippen molar-refractivity contribution in [2.24, 2.45) is 34.5 Å². The summed E-state index contributed by atoms with van der Waals surface area (Å²) < 4.78 is 32.0. The molecule has 3 nitrogen and oxygen atoms in total. The number of hydrogen-bond donors (Lipinski definition) is 0. The Kier molecular flexibility index (Phi) is 5.13. The standard InChI is InChI=1S/C26H38O3S/c1-18-7-10-20(11-8-18)30(27,28)29-24-14-13-22-21-12-9-19-6-4-5-16-25(19,2)23(21)15-17-26(22,24)3/h7-8,10-11,19,21-24H,4-6,9,12-17H2,1-3H3/t19-,21+,22-,23-,24-,25+,26+/m1/s1. The molecule has 0 unspecified atom stereocenters. The van der Waals surface area contributed by atoms with E-state index in [1.54, 1.807) is 12.1 Å². The van der Waals surface area contributed by atoms with E-state index in [-0.39, 0.29) is 11.5 Å². The van der Waals surface area contributed by atoms with Gasteiger partial charge in [0.25, 0.3) is 10.1 Å². The van der Waals surface area contributed by atoms with E-state index in [4.69, 9.17) is 4.18 Å². The zero-order valence-corrected chi connectivity index (χ0v) is 19.7. The van der Waals surface area contributed by atoms with Crippen molar-refractivity contribution in [1.29, 1.82) is 0 Å². The van der Waals surface area contributed by atoms with E-state index < -0.39 is 10.1 Å². The van der Waals surface area contributed by atoms with Crippen molar-refractivity contribution in [3.05, 3.63) is 29.8 Å². The minimum atomic E-state index is -3.71. The normalized spacial score (nSPS) is 43.5. The molecule has 0 bridgehead atoms. The quantitative estimate of drug-likeness (QED) is 0.514. The lowest BCUT2D eigenvalue weighted by Crippen LogP contribution is -2.53. The van der Waals surface area contributed by atoms with E-state index in [9.17, 15) is 8.42 Å². The lowest BCUT2D eigenvalue weighted by molar-refractivity contribution is -0.117. The maximum atomic E-state index is 13.0. The van der Waals surface area contributed by atoms with Crippen molar-refractivity contribution in [3.63, 3.8) is 0 Å². The van der Waals surface area contributed by atoms with Crippen LogP contribution in [0.1, 0.15) is 83.6 Å². The summed E-state index contributed by atoms with van der Waals surface area (Å²) in [7, 11) is -3.71. The number of aryl methyl sites for hydroxylation is 1. The molecule has 4 aliphatic carbocycles. The summed E-state index contributed by atoms with van der Waals surface area (Å²) in [5, 5.41) is 0. The van der Waals surface area contributed by atoms with Gasteiger partial charge in [-0.1, -0.05) is 44.4 Å². The van der Waals surface area contributed by atoms with Gasteiger partial charge in [-0.3, -0.25) is 4.18 Å². The number of fused-ring (bicyclic) bond motifs is 5. The fourth-order valence-electron chi connectivity index (χ4n) is 8.32. The molecule has 0 heterocycles. The van der Waals surface area contributed by atoms with Gasteiger partial charge in [-0.05, 0) is 105 Å². The monoisotopic (exact) mass is 430 g/mol. The van der Waals surface area contributed by atoms with E-state index in [0.29, 0.717) is 16.2 Å². The largest absolute Gasteiger partial charge is 0.297 e. The van der Waals surface area contributed by atoms with Gasteiger partial charge >= 0.3 is 0 Å². The molecule has 4 saturated carbocycles. The van der Waals surface area contributed by atoms with E-state index in [1.165, 1.54) is 44.9 Å². The molecule has 0 aromatic heterocycles. The fourth-order valence-corrected chi connectivity index (χ4v) is 9.52. The van der Waals surface area contributed by atoms with Crippen LogP contribution in [0.2, 0.25) is 0 Å². The third kappa shape index (κ3) is 3.20. The summed E-state index contributed by atoms with van der Waals surface area (Å²) >= 11 is 0. The van der Waals surface area contributed by atoms with Crippen LogP contribution in [0, 0.1) is 41.4 Å². The first kappa shape index (κ1) is 21.0. The van der Waals surface area contributed by atoms with Crippen molar-refractivity contribution in [2.45, 2.75) is 96.0 Å². The highest BCUT2D eigenvalue weighted by molar-refractivity contribution is 7.86. The van der Waals surface area contributed by atoms with Gasteiger partial charge in [-0.15, -0.1) is 0 Å². The highest BCUT2D eigenvalue weighted by Gasteiger charge is 2.60. The molecule has 0 N–H and O–H groups in total. The summed E-state index contributed by atoms with van der Waals surface area (Å²) in [6, 6.07) is 7.07. The van der Waals surface area contributed by atoms with Crippen molar-refractivity contribution >= 4 is 10.1 Å². The molecule has 0 amide bonds. The molecule has 0 saturated heterocycles. The SMILES string of the molecule is Cc1ccc(S(=O)(=O)O[C@@H]2CC[C@@H]3[C@@H]4CC[C@H]5CCCC[C@]5(C)[C@@H]4CC[C@@]32C)cc1. The predicted octanol–water partition coefficient (Wildman–Crippen LogP) is 6.50. The van der Waals surface area contributed by atoms with E-state index in [1.807, 2.05) is 19.1 Å². The minimum Gasteiger partial charge on any atom is -0.262 e. The lowest BCUT2D eigenvalue weighted by Gasteiger charge is -2.60. The van der Waals surface area contributed by atoms with Crippen LogP contribution >= 0.6 is 0 Å². The van der Waals surface area contributed by atoms with Crippen LogP contribution in [0.15, 0.2) is 29.2 Å². The molecule has 7 atom stereocenters. The zero-order valence-electron chi connectivity index (χ0n) is 18.9. The summed E-state index contributed by atoms with van der Waals surface area (Å²) in [4.78, 5) is 0.295. The van der Waals surface area contributed by atoms with Crippen LogP contribution in [0.3, 0.4) is 0 Å². The van der Waals surface area contributed by atoms with E-state index in [0.717, 1.165) is 42.6 Å². The van der Waals surface area contributed by atoms with Crippen LogP contribution in [0.25, 0.3) is 0 Å². The second kappa shape index (κ2) is 7.33. The second-order valence-electron chi connectivity index (χ2n) is 11.4.